The van der Waals surface area contributed by atoms with Crippen LogP contribution in [-0.2, 0) is 11.3 Å². The molecule has 0 spiro atoms. The van der Waals surface area contributed by atoms with Gasteiger partial charge in [-0.2, -0.15) is 0 Å². The first-order valence-corrected chi connectivity index (χ1v) is 10.7. The fourth-order valence-electron chi connectivity index (χ4n) is 3.16. The third-order valence-electron chi connectivity index (χ3n) is 4.69. The van der Waals surface area contributed by atoms with Crippen molar-refractivity contribution in [2.75, 3.05) is 52.9 Å². The van der Waals surface area contributed by atoms with Crippen molar-refractivity contribution in [3.05, 3.63) is 29.8 Å². The lowest BCUT2D eigenvalue weighted by atomic mass is 10.2. The summed E-state index contributed by atoms with van der Waals surface area (Å²) in [6.07, 6.45) is -0.225. The zero-order valence-corrected chi connectivity index (χ0v) is 19.0. The minimum absolute atomic E-state index is 0.225. The summed E-state index contributed by atoms with van der Waals surface area (Å²) in [5.41, 5.74) is 0.644. The topological polar surface area (TPSA) is 78.4 Å². The van der Waals surface area contributed by atoms with Crippen LogP contribution in [0.1, 0.15) is 33.3 Å². The van der Waals surface area contributed by atoms with Crippen molar-refractivity contribution in [1.29, 1.82) is 0 Å². The van der Waals surface area contributed by atoms with E-state index in [0.717, 1.165) is 43.5 Å². The molecule has 8 nitrogen and oxygen atoms in total. The van der Waals surface area contributed by atoms with Gasteiger partial charge in [-0.25, -0.2) is 4.79 Å². The third-order valence-corrected chi connectivity index (χ3v) is 4.69. The Kier molecular flexibility index (Phi) is 9.23. The first-order valence-electron chi connectivity index (χ1n) is 10.7. The molecule has 0 aromatic heterocycles. The van der Waals surface area contributed by atoms with Gasteiger partial charge in [-0.3, -0.25) is 9.89 Å². The summed E-state index contributed by atoms with van der Waals surface area (Å²) in [5.74, 6) is 1.65. The number of amides is 1. The van der Waals surface area contributed by atoms with Gasteiger partial charge in [-0.1, -0.05) is 18.2 Å². The average molecular weight is 420 g/mol. The Morgan fingerprint density at radius 2 is 1.83 bits per heavy atom. The van der Waals surface area contributed by atoms with Crippen molar-refractivity contribution in [3.8, 4) is 5.75 Å². The van der Waals surface area contributed by atoms with E-state index in [1.54, 1.807) is 11.9 Å². The number of nitrogens with zero attached hydrogens (tertiary/aromatic N) is 3. The molecular formula is C22H37N5O3. The molecule has 1 fully saturated rings. The SMILES string of the molecule is CCOc1ccccc1CNC(=NC)NCCN1CCN(C(=O)OC(C)(C)C)CC1. The van der Waals surface area contributed by atoms with Crippen LogP contribution >= 0.6 is 0 Å². The molecule has 8 heteroatoms. The Balaban J connectivity index is 1.69. The number of carbonyl (C=O) groups excluding carboxylic acids is 1. The van der Waals surface area contributed by atoms with Gasteiger partial charge in [0.05, 0.1) is 6.61 Å². The Labute approximate surface area is 180 Å². The highest BCUT2D eigenvalue weighted by atomic mass is 16.6. The molecule has 0 saturated carbocycles. The van der Waals surface area contributed by atoms with Crippen molar-refractivity contribution >= 4 is 12.1 Å². The molecule has 1 aliphatic heterocycles. The number of guanidine groups is 1. The van der Waals surface area contributed by atoms with Crippen LogP contribution in [0.15, 0.2) is 29.3 Å². The van der Waals surface area contributed by atoms with Crippen LogP contribution in [0, 0.1) is 0 Å². The van der Waals surface area contributed by atoms with Gasteiger partial charge >= 0.3 is 6.09 Å². The maximum atomic E-state index is 12.2. The van der Waals surface area contributed by atoms with Crippen molar-refractivity contribution in [2.45, 2.75) is 39.8 Å². The third kappa shape index (κ3) is 8.10. The zero-order chi connectivity index (χ0) is 22.0. The highest BCUT2D eigenvalue weighted by Crippen LogP contribution is 2.17. The van der Waals surface area contributed by atoms with E-state index in [-0.39, 0.29) is 6.09 Å². The molecule has 2 N–H and O–H groups in total. The first kappa shape index (κ1) is 23.8. The molecule has 168 valence electrons. The number of hydrogen-bond acceptors (Lipinski definition) is 5. The van der Waals surface area contributed by atoms with Crippen molar-refractivity contribution in [1.82, 2.24) is 20.4 Å². The molecule has 2 rings (SSSR count). The first-order chi connectivity index (χ1) is 14.3. The number of hydrogen-bond donors (Lipinski definition) is 2. The average Bonchev–Trinajstić information content (AvgIpc) is 2.71. The Hall–Kier alpha value is -2.48. The number of rotatable bonds is 7. The van der Waals surface area contributed by atoms with Crippen LogP contribution in [-0.4, -0.2) is 80.4 Å². The van der Waals surface area contributed by atoms with E-state index in [9.17, 15) is 4.79 Å². The number of ether oxygens (including phenoxy) is 2. The van der Waals surface area contributed by atoms with Crippen molar-refractivity contribution < 1.29 is 14.3 Å². The summed E-state index contributed by atoms with van der Waals surface area (Å²) in [4.78, 5) is 20.6. The number of nitrogens with one attached hydrogen (secondary N) is 2. The number of carbonyl (C=O) groups is 1. The standard InChI is InChI=1S/C22H37N5O3/c1-6-29-19-10-8-7-9-18(19)17-25-20(23-5)24-11-12-26-13-15-27(16-14-26)21(28)30-22(2,3)4/h7-10H,6,11-17H2,1-5H3,(H2,23,24,25). The van der Waals surface area contributed by atoms with E-state index in [4.69, 9.17) is 9.47 Å². The van der Waals surface area contributed by atoms with Crippen LogP contribution in [0.5, 0.6) is 5.75 Å². The van der Waals surface area contributed by atoms with E-state index in [0.29, 0.717) is 26.2 Å². The highest BCUT2D eigenvalue weighted by molar-refractivity contribution is 5.79. The van der Waals surface area contributed by atoms with Crippen LogP contribution in [0.2, 0.25) is 0 Å². The molecule has 0 radical (unpaired) electrons. The van der Waals surface area contributed by atoms with Gasteiger partial charge in [-0.15, -0.1) is 0 Å². The molecule has 1 heterocycles. The maximum Gasteiger partial charge on any atom is 0.410 e. The van der Waals surface area contributed by atoms with Crippen LogP contribution in [0.25, 0.3) is 0 Å². The lowest BCUT2D eigenvalue weighted by Gasteiger charge is -2.35. The summed E-state index contributed by atoms with van der Waals surface area (Å²) < 4.78 is 11.1. The van der Waals surface area contributed by atoms with E-state index in [1.807, 2.05) is 45.9 Å². The van der Waals surface area contributed by atoms with E-state index < -0.39 is 5.60 Å². The molecule has 1 amide bonds. The predicted molar refractivity (Wildman–Crippen MR) is 120 cm³/mol. The molecule has 0 bridgehead atoms. The summed E-state index contributed by atoms with van der Waals surface area (Å²) in [6.45, 7) is 13.7. The van der Waals surface area contributed by atoms with E-state index in [2.05, 4.69) is 26.6 Å². The van der Waals surface area contributed by atoms with Crippen LogP contribution in [0.3, 0.4) is 0 Å². The maximum absolute atomic E-state index is 12.2. The molecule has 0 unspecified atom stereocenters. The lowest BCUT2D eigenvalue weighted by molar-refractivity contribution is 0.0147. The molecule has 1 aromatic carbocycles. The summed E-state index contributed by atoms with van der Waals surface area (Å²) in [5, 5.41) is 6.69. The zero-order valence-electron chi connectivity index (χ0n) is 19.0. The van der Waals surface area contributed by atoms with Gasteiger partial charge in [0.25, 0.3) is 0 Å². The van der Waals surface area contributed by atoms with Gasteiger partial charge < -0.3 is 25.0 Å². The summed E-state index contributed by atoms with van der Waals surface area (Å²) >= 11 is 0. The number of para-hydroxylation sites is 1. The van der Waals surface area contributed by atoms with Gasteiger partial charge in [0.1, 0.15) is 11.4 Å². The van der Waals surface area contributed by atoms with E-state index in [1.165, 1.54) is 0 Å². The molecule has 1 aromatic rings. The van der Waals surface area contributed by atoms with Crippen molar-refractivity contribution in [3.63, 3.8) is 0 Å². The fourth-order valence-corrected chi connectivity index (χ4v) is 3.16. The largest absolute Gasteiger partial charge is 0.494 e. The Morgan fingerprint density at radius 3 is 2.47 bits per heavy atom. The Bertz CT molecular complexity index is 694. The van der Waals surface area contributed by atoms with Crippen molar-refractivity contribution in [2.24, 2.45) is 4.99 Å². The second kappa shape index (κ2) is 11.6. The summed E-state index contributed by atoms with van der Waals surface area (Å²) in [6, 6.07) is 8.01. The molecular weight excluding hydrogens is 382 g/mol. The van der Waals surface area contributed by atoms with Gasteiger partial charge in [0, 0.05) is 58.4 Å². The summed E-state index contributed by atoms with van der Waals surface area (Å²) in [7, 11) is 1.77. The second-order valence-corrected chi connectivity index (χ2v) is 8.20. The fraction of sp³-hybridized carbons (Fsp3) is 0.636. The predicted octanol–water partition coefficient (Wildman–Crippen LogP) is 2.30. The van der Waals surface area contributed by atoms with Gasteiger partial charge in [0.2, 0.25) is 0 Å². The quantitative estimate of drug-likeness (QED) is 0.522. The Morgan fingerprint density at radius 1 is 1.13 bits per heavy atom. The number of aliphatic imine (C=N–C) groups is 1. The molecule has 1 saturated heterocycles. The molecule has 1 aliphatic rings. The minimum Gasteiger partial charge on any atom is -0.494 e. The smallest absolute Gasteiger partial charge is 0.410 e. The van der Waals surface area contributed by atoms with E-state index >= 15 is 0 Å². The molecule has 30 heavy (non-hydrogen) atoms. The number of piperazine rings is 1. The van der Waals surface area contributed by atoms with Gasteiger partial charge in [0.15, 0.2) is 5.96 Å². The molecule has 0 aliphatic carbocycles. The van der Waals surface area contributed by atoms with Crippen LogP contribution in [0.4, 0.5) is 4.79 Å². The highest BCUT2D eigenvalue weighted by Gasteiger charge is 2.25. The lowest BCUT2D eigenvalue weighted by Crippen LogP contribution is -2.51. The van der Waals surface area contributed by atoms with Gasteiger partial charge in [-0.05, 0) is 33.8 Å². The number of benzene rings is 1. The second-order valence-electron chi connectivity index (χ2n) is 8.20. The molecule has 0 atom stereocenters. The minimum atomic E-state index is -0.454. The monoisotopic (exact) mass is 419 g/mol. The normalized spacial score (nSPS) is 15.6. The van der Waals surface area contributed by atoms with Crippen LogP contribution < -0.4 is 15.4 Å².